The van der Waals surface area contributed by atoms with Crippen LogP contribution in [0.3, 0.4) is 0 Å². The number of hydrogen-bond acceptors (Lipinski definition) is 4. The van der Waals surface area contributed by atoms with Crippen molar-refractivity contribution in [1.29, 1.82) is 0 Å². The van der Waals surface area contributed by atoms with Crippen molar-refractivity contribution >= 4 is 12.1 Å². The first kappa shape index (κ1) is 22.7. The summed E-state index contributed by atoms with van der Waals surface area (Å²) in [5.74, 6) is -0.0593. The first-order valence-corrected chi connectivity index (χ1v) is 9.14. The zero-order valence-corrected chi connectivity index (χ0v) is 16.7. The van der Waals surface area contributed by atoms with Crippen LogP contribution < -0.4 is 0 Å². The molecule has 0 bridgehead atoms. The van der Waals surface area contributed by atoms with Gasteiger partial charge in [-0.05, 0) is 24.2 Å². The Morgan fingerprint density at radius 1 is 1.04 bits per heavy atom. The largest absolute Gasteiger partial charge is 0.464 e. The zero-order valence-electron chi connectivity index (χ0n) is 16.7. The summed E-state index contributed by atoms with van der Waals surface area (Å²) in [6.45, 7) is 12.9. The van der Waals surface area contributed by atoms with Crippen LogP contribution in [0, 0.1) is 11.3 Å². The van der Waals surface area contributed by atoms with Crippen molar-refractivity contribution in [3.05, 3.63) is 0 Å². The molecule has 5 nitrogen and oxygen atoms in total. The zero-order chi connectivity index (χ0) is 18.8. The summed E-state index contributed by atoms with van der Waals surface area (Å²) in [5, 5.41) is 0. The minimum atomic E-state index is -0.594. The number of amides is 1. The van der Waals surface area contributed by atoms with Crippen molar-refractivity contribution in [1.82, 2.24) is 4.90 Å². The fourth-order valence-corrected chi connectivity index (χ4v) is 2.16. The monoisotopic (exact) mass is 343 g/mol. The number of unbranched alkanes of at least 4 members (excludes halogenated alkanes) is 3. The maximum atomic E-state index is 12.4. The van der Waals surface area contributed by atoms with Crippen molar-refractivity contribution < 1.29 is 19.1 Å². The lowest BCUT2D eigenvalue weighted by atomic mass is 9.99. The van der Waals surface area contributed by atoms with Crippen LogP contribution in [0.5, 0.6) is 0 Å². The van der Waals surface area contributed by atoms with E-state index in [9.17, 15) is 9.59 Å². The second-order valence-corrected chi connectivity index (χ2v) is 8.10. The van der Waals surface area contributed by atoms with Gasteiger partial charge in [0, 0.05) is 7.05 Å². The van der Waals surface area contributed by atoms with E-state index >= 15 is 0 Å². The Bertz CT molecular complexity index is 374. The van der Waals surface area contributed by atoms with Gasteiger partial charge in [0.25, 0.3) is 0 Å². The van der Waals surface area contributed by atoms with Crippen LogP contribution in [0.4, 0.5) is 4.79 Å². The van der Waals surface area contributed by atoms with E-state index in [0.29, 0.717) is 19.6 Å². The molecular weight excluding hydrogens is 306 g/mol. The van der Waals surface area contributed by atoms with Crippen molar-refractivity contribution in [2.24, 2.45) is 11.3 Å². The molecule has 0 spiro atoms. The van der Waals surface area contributed by atoms with Crippen LogP contribution in [0.25, 0.3) is 0 Å². The van der Waals surface area contributed by atoms with Crippen LogP contribution >= 0.6 is 0 Å². The van der Waals surface area contributed by atoms with Crippen molar-refractivity contribution in [2.45, 2.75) is 79.7 Å². The quantitative estimate of drug-likeness (QED) is 0.428. The molecule has 5 heteroatoms. The van der Waals surface area contributed by atoms with E-state index in [1.54, 1.807) is 7.05 Å². The summed E-state index contributed by atoms with van der Waals surface area (Å²) < 4.78 is 10.7. The van der Waals surface area contributed by atoms with E-state index in [1.807, 2.05) is 34.6 Å². The molecule has 0 fully saturated rings. The Morgan fingerprint density at radius 3 is 2.17 bits per heavy atom. The van der Waals surface area contributed by atoms with E-state index in [0.717, 1.165) is 25.7 Å². The van der Waals surface area contributed by atoms with Gasteiger partial charge in [-0.1, -0.05) is 60.8 Å². The van der Waals surface area contributed by atoms with Gasteiger partial charge in [0.05, 0.1) is 13.2 Å². The molecular formula is C19H37NO4. The van der Waals surface area contributed by atoms with Gasteiger partial charge in [0.2, 0.25) is 0 Å². The first-order valence-electron chi connectivity index (χ1n) is 9.14. The van der Waals surface area contributed by atoms with Crippen molar-refractivity contribution in [3.63, 3.8) is 0 Å². The summed E-state index contributed by atoms with van der Waals surface area (Å²) in [6.07, 6.45) is 4.31. The minimum Gasteiger partial charge on any atom is -0.464 e. The fraction of sp³-hybridized carbons (Fsp3) is 0.895. The standard InChI is InChI=1S/C19H37NO4/c1-8-9-10-11-12-23-17(21)16(13-15(2)3)20(7)18(22)24-14-19(4,5)6/h15-16H,8-14H2,1-7H3. The average molecular weight is 344 g/mol. The molecule has 0 aromatic carbocycles. The number of carbonyl (C=O) groups excluding carboxylic acids is 2. The Hall–Kier alpha value is -1.26. The van der Waals surface area contributed by atoms with Crippen molar-refractivity contribution in [3.8, 4) is 0 Å². The average Bonchev–Trinajstić information content (AvgIpc) is 2.48. The Morgan fingerprint density at radius 2 is 1.67 bits per heavy atom. The topological polar surface area (TPSA) is 55.8 Å². The molecule has 0 aliphatic heterocycles. The van der Waals surface area contributed by atoms with Gasteiger partial charge in [-0.25, -0.2) is 9.59 Å². The van der Waals surface area contributed by atoms with Crippen LogP contribution in [0.15, 0.2) is 0 Å². The number of likely N-dealkylation sites (N-methyl/N-ethyl adjacent to an activating group) is 1. The maximum Gasteiger partial charge on any atom is 0.410 e. The van der Waals surface area contributed by atoms with Gasteiger partial charge in [0.1, 0.15) is 6.04 Å². The van der Waals surface area contributed by atoms with Crippen LogP contribution in [-0.4, -0.2) is 43.3 Å². The predicted molar refractivity (Wildman–Crippen MR) is 96.9 cm³/mol. The minimum absolute atomic E-state index is 0.107. The van der Waals surface area contributed by atoms with E-state index in [4.69, 9.17) is 9.47 Å². The molecule has 142 valence electrons. The Labute approximate surface area is 148 Å². The van der Waals surface area contributed by atoms with Gasteiger partial charge in [-0.2, -0.15) is 0 Å². The van der Waals surface area contributed by atoms with Crippen LogP contribution in [0.2, 0.25) is 0 Å². The summed E-state index contributed by atoms with van der Waals surface area (Å²) in [6, 6.07) is -0.594. The third-order valence-electron chi connectivity index (χ3n) is 3.59. The number of carbonyl (C=O) groups is 2. The highest BCUT2D eigenvalue weighted by molar-refractivity contribution is 5.81. The molecule has 0 heterocycles. The second kappa shape index (κ2) is 11.3. The summed E-state index contributed by atoms with van der Waals surface area (Å²) in [4.78, 5) is 26.0. The molecule has 1 atom stereocenters. The number of rotatable bonds is 10. The number of esters is 1. The maximum absolute atomic E-state index is 12.4. The third kappa shape index (κ3) is 10.5. The van der Waals surface area contributed by atoms with Crippen LogP contribution in [-0.2, 0) is 14.3 Å². The molecule has 0 aromatic rings. The fourth-order valence-electron chi connectivity index (χ4n) is 2.16. The molecule has 0 aromatic heterocycles. The number of ether oxygens (including phenoxy) is 2. The van der Waals surface area contributed by atoms with E-state index in [1.165, 1.54) is 4.90 Å². The normalized spacial score (nSPS) is 12.8. The molecule has 24 heavy (non-hydrogen) atoms. The molecule has 1 amide bonds. The SMILES string of the molecule is CCCCCCOC(=O)C(CC(C)C)N(C)C(=O)OCC(C)(C)C. The van der Waals surface area contributed by atoms with Gasteiger partial charge in [0.15, 0.2) is 0 Å². The number of hydrogen-bond donors (Lipinski definition) is 0. The summed E-state index contributed by atoms with van der Waals surface area (Å²) in [5.41, 5.74) is -0.107. The van der Waals surface area contributed by atoms with Crippen LogP contribution in [0.1, 0.15) is 73.6 Å². The first-order chi connectivity index (χ1) is 11.1. The molecule has 0 saturated carbocycles. The Kier molecular flexibility index (Phi) is 10.7. The number of nitrogens with zero attached hydrogens (tertiary/aromatic N) is 1. The van der Waals surface area contributed by atoms with Gasteiger partial charge < -0.3 is 9.47 Å². The molecule has 0 radical (unpaired) electrons. The van der Waals surface area contributed by atoms with Gasteiger partial charge in [-0.15, -0.1) is 0 Å². The lowest BCUT2D eigenvalue weighted by Crippen LogP contribution is -2.45. The highest BCUT2D eigenvalue weighted by Gasteiger charge is 2.30. The lowest BCUT2D eigenvalue weighted by molar-refractivity contribution is -0.149. The Balaban J connectivity index is 4.61. The molecule has 0 saturated heterocycles. The summed E-state index contributed by atoms with van der Waals surface area (Å²) in [7, 11) is 1.61. The molecule has 0 aliphatic carbocycles. The van der Waals surface area contributed by atoms with E-state index in [-0.39, 0.29) is 17.3 Å². The van der Waals surface area contributed by atoms with Crippen molar-refractivity contribution in [2.75, 3.05) is 20.3 Å². The van der Waals surface area contributed by atoms with E-state index in [2.05, 4.69) is 6.92 Å². The summed E-state index contributed by atoms with van der Waals surface area (Å²) >= 11 is 0. The predicted octanol–water partition coefficient (Wildman–Crippen LogP) is 4.64. The molecule has 0 rings (SSSR count). The highest BCUT2D eigenvalue weighted by Crippen LogP contribution is 2.17. The van der Waals surface area contributed by atoms with Gasteiger partial charge in [-0.3, -0.25) is 4.90 Å². The smallest absolute Gasteiger partial charge is 0.410 e. The molecule has 0 N–H and O–H groups in total. The third-order valence-corrected chi connectivity index (χ3v) is 3.59. The van der Waals surface area contributed by atoms with E-state index < -0.39 is 12.1 Å². The molecule has 0 aliphatic rings. The lowest BCUT2D eigenvalue weighted by Gasteiger charge is -2.28. The molecule has 1 unspecified atom stereocenters. The van der Waals surface area contributed by atoms with Gasteiger partial charge >= 0.3 is 12.1 Å². The highest BCUT2D eigenvalue weighted by atomic mass is 16.6. The second-order valence-electron chi connectivity index (χ2n) is 8.10.